The van der Waals surface area contributed by atoms with Crippen LogP contribution in [0.25, 0.3) is 0 Å². The Balaban J connectivity index is 1.39. The van der Waals surface area contributed by atoms with Crippen LogP contribution in [0.15, 0.2) is 29.2 Å². The molecule has 4 heterocycles. The summed E-state index contributed by atoms with van der Waals surface area (Å²) in [6, 6.07) is 5.45. The minimum absolute atomic E-state index is 0.0271. The van der Waals surface area contributed by atoms with E-state index < -0.39 is 0 Å². The van der Waals surface area contributed by atoms with Gasteiger partial charge in [0.25, 0.3) is 5.91 Å². The molecular formula is C22H28N6O3. The molecule has 3 aliphatic heterocycles. The van der Waals surface area contributed by atoms with Crippen molar-refractivity contribution in [2.75, 3.05) is 31.5 Å². The number of ether oxygens (including phenoxy) is 1. The van der Waals surface area contributed by atoms with Crippen LogP contribution in [0.2, 0.25) is 0 Å². The monoisotopic (exact) mass is 424 g/mol. The number of aromatic nitrogens is 2. The highest BCUT2D eigenvalue weighted by molar-refractivity contribution is 5.96. The fourth-order valence-corrected chi connectivity index (χ4v) is 4.63. The van der Waals surface area contributed by atoms with Gasteiger partial charge in [0.1, 0.15) is 0 Å². The SMILES string of the molecule is N[C@@H]1CCCN(C(=O)c2ccc3c(c2)Nc2nc(=O)n(C4CCCNCC4)cc2O3)C1. The van der Waals surface area contributed by atoms with Crippen LogP contribution in [0.5, 0.6) is 11.5 Å². The van der Waals surface area contributed by atoms with E-state index in [0.29, 0.717) is 41.7 Å². The average Bonchev–Trinajstić information content (AvgIpc) is 3.06. The third-order valence-electron chi connectivity index (χ3n) is 6.30. The van der Waals surface area contributed by atoms with Gasteiger partial charge in [0.15, 0.2) is 17.3 Å². The molecule has 2 atom stereocenters. The van der Waals surface area contributed by atoms with Crippen molar-refractivity contribution in [3.05, 3.63) is 40.4 Å². The molecule has 9 nitrogen and oxygen atoms in total. The Bertz CT molecular complexity index is 1040. The summed E-state index contributed by atoms with van der Waals surface area (Å²) in [7, 11) is 0. The molecule has 1 amide bonds. The number of hydrogen-bond acceptors (Lipinski definition) is 7. The van der Waals surface area contributed by atoms with Gasteiger partial charge in [0.05, 0.1) is 11.9 Å². The third-order valence-corrected chi connectivity index (χ3v) is 6.30. The van der Waals surface area contributed by atoms with Crippen molar-refractivity contribution >= 4 is 17.4 Å². The first-order valence-corrected chi connectivity index (χ1v) is 11.1. The van der Waals surface area contributed by atoms with Crippen molar-refractivity contribution in [3.63, 3.8) is 0 Å². The predicted molar refractivity (Wildman–Crippen MR) is 117 cm³/mol. The summed E-state index contributed by atoms with van der Waals surface area (Å²) in [5, 5.41) is 6.54. The zero-order chi connectivity index (χ0) is 21.4. The van der Waals surface area contributed by atoms with Crippen LogP contribution >= 0.6 is 0 Å². The van der Waals surface area contributed by atoms with Gasteiger partial charge in [0, 0.05) is 30.7 Å². The number of likely N-dealkylation sites (tertiary alicyclic amines) is 1. The highest BCUT2D eigenvalue weighted by Gasteiger charge is 2.26. The first-order chi connectivity index (χ1) is 15.1. The summed E-state index contributed by atoms with van der Waals surface area (Å²) in [4.78, 5) is 31.6. The van der Waals surface area contributed by atoms with E-state index in [-0.39, 0.29) is 23.7 Å². The van der Waals surface area contributed by atoms with Crippen molar-refractivity contribution < 1.29 is 9.53 Å². The van der Waals surface area contributed by atoms with Crippen molar-refractivity contribution in [3.8, 4) is 11.5 Å². The number of anilines is 2. The van der Waals surface area contributed by atoms with Gasteiger partial charge in [-0.2, -0.15) is 4.98 Å². The third kappa shape index (κ3) is 4.03. The van der Waals surface area contributed by atoms with Gasteiger partial charge >= 0.3 is 5.69 Å². The number of piperidine rings is 1. The normalized spacial score (nSPS) is 23.1. The zero-order valence-corrected chi connectivity index (χ0v) is 17.5. The van der Waals surface area contributed by atoms with Gasteiger partial charge in [-0.1, -0.05) is 0 Å². The smallest absolute Gasteiger partial charge is 0.350 e. The second kappa shape index (κ2) is 8.32. The molecule has 1 aromatic heterocycles. The Kier molecular flexibility index (Phi) is 5.37. The number of fused-ring (bicyclic) bond motifs is 2. The van der Waals surface area contributed by atoms with Crippen LogP contribution < -0.4 is 26.8 Å². The van der Waals surface area contributed by atoms with Crippen LogP contribution in [0.3, 0.4) is 0 Å². The first-order valence-electron chi connectivity index (χ1n) is 11.1. The molecule has 0 bridgehead atoms. The number of hydrogen-bond donors (Lipinski definition) is 3. The second-order valence-electron chi connectivity index (χ2n) is 8.57. The molecule has 3 aliphatic rings. The predicted octanol–water partition coefficient (Wildman–Crippen LogP) is 1.97. The lowest BCUT2D eigenvalue weighted by Gasteiger charge is -2.31. The average molecular weight is 425 g/mol. The summed E-state index contributed by atoms with van der Waals surface area (Å²) >= 11 is 0. The van der Waals surface area contributed by atoms with Crippen molar-refractivity contribution in [1.29, 1.82) is 0 Å². The molecule has 0 radical (unpaired) electrons. The number of nitrogens with two attached hydrogens (primary N) is 1. The molecule has 1 aromatic carbocycles. The molecule has 9 heteroatoms. The van der Waals surface area contributed by atoms with Gasteiger partial charge in [0.2, 0.25) is 0 Å². The molecule has 164 valence electrons. The molecule has 4 N–H and O–H groups in total. The van der Waals surface area contributed by atoms with E-state index >= 15 is 0 Å². The van der Waals surface area contributed by atoms with Crippen LogP contribution in [0, 0.1) is 0 Å². The van der Waals surface area contributed by atoms with Gasteiger partial charge in [-0.05, 0) is 63.4 Å². The lowest BCUT2D eigenvalue weighted by Crippen LogP contribution is -2.45. The van der Waals surface area contributed by atoms with Crippen LogP contribution in [-0.4, -0.2) is 52.6 Å². The lowest BCUT2D eigenvalue weighted by atomic mass is 10.0. The van der Waals surface area contributed by atoms with Crippen molar-refractivity contribution in [1.82, 2.24) is 19.8 Å². The highest BCUT2D eigenvalue weighted by Crippen LogP contribution is 2.41. The molecule has 0 aliphatic carbocycles. The van der Waals surface area contributed by atoms with E-state index in [1.165, 1.54) is 0 Å². The van der Waals surface area contributed by atoms with Crippen LogP contribution in [-0.2, 0) is 0 Å². The maximum atomic E-state index is 12.9. The molecule has 2 fully saturated rings. The minimum Gasteiger partial charge on any atom is -0.450 e. The van der Waals surface area contributed by atoms with E-state index in [1.807, 2.05) is 0 Å². The standard InChI is InChI=1S/C22H28N6O3/c23-15-3-2-10-27(12-15)21(29)14-5-6-18-17(11-14)25-20-19(31-18)13-28(22(30)26-20)16-4-1-8-24-9-7-16/h5-6,11,13,15-16,24H,1-4,7-10,12,23H2,(H,25,26,30)/t15-,16?/m1/s1. The molecule has 0 saturated carbocycles. The number of carbonyl (C=O) groups is 1. The Morgan fingerprint density at radius 1 is 1.16 bits per heavy atom. The lowest BCUT2D eigenvalue weighted by molar-refractivity contribution is 0.0709. The first kappa shape index (κ1) is 20.0. The second-order valence-corrected chi connectivity index (χ2v) is 8.57. The number of rotatable bonds is 2. The molecular weight excluding hydrogens is 396 g/mol. The highest BCUT2D eigenvalue weighted by atomic mass is 16.5. The summed E-state index contributed by atoms with van der Waals surface area (Å²) in [5.74, 6) is 1.46. The number of carbonyl (C=O) groups excluding carboxylic acids is 1. The Morgan fingerprint density at radius 2 is 2.06 bits per heavy atom. The number of amides is 1. The van der Waals surface area contributed by atoms with Crippen molar-refractivity contribution in [2.24, 2.45) is 5.73 Å². The quantitative estimate of drug-likeness (QED) is 0.576. The van der Waals surface area contributed by atoms with E-state index in [1.54, 1.807) is 33.9 Å². The van der Waals surface area contributed by atoms with Gasteiger partial charge in [-0.25, -0.2) is 4.79 Å². The van der Waals surface area contributed by atoms with E-state index in [2.05, 4.69) is 15.6 Å². The van der Waals surface area contributed by atoms with Crippen molar-refractivity contribution in [2.45, 2.75) is 44.2 Å². The maximum Gasteiger partial charge on any atom is 0.350 e. The van der Waals surface area contributed by atoms with E-state index in [4.69, 9.17) is 10.5 Å². The van der Waals surface area contributed by atoms with E-state index in [0.717, 1.165) is 45.2 Å². The Morgan fingerprint density at radius 3 is 2.94 bits per heavy atom. The molecule has 31 heavy (non-hydrogen) atoms. The van der Waals surface area contributed by atoms with Crippen LogP contribution in [0.4, 0.5) is 11.5 Å². The van der Waals surface area contributed by atoms with Gasteiger partial charge < -0.3 is 26.0 Å². The van der Waals surface area contributed by atoms with Crippen LogP contribution in [0.1, 0.15) is 48.5 Å². The topological polar surface area (TPSA) is 115 Å². The number of nitrogens with one attached hydrogen (secondary N) is 2. The summed E-state index contributed by atoms with van der Waals surface area (Å²) in [5.41, 5.74) is 6.92. The maximum absolute atomic E-state index is 12.9. The molecule has 2 aromatic rings. The minimum atomic E-state index is -0.292. The fraction of sp³-hybridized carbons (Fsp3) is 0.500. The molecule has 1 unspecified atom stereocenters. The summed E-state index contributed by atoms with van der Waals surface area (Å²) < 4.78 is 7.74. The van der Waals surface area contributed by atoms with Gasteiger partial charge in [-0.15, -0.1) is 0 Å². The zero-order valence-electron chi connectivity index (χ0n) is 17.5. The van der Waals surface area contributed by atoms with E-state index in [9.17, 15) is 9.59 Å². The molecule has 2 saturated heterocycles. The Labute approximate surface area is 180 Å². The van der Waals surface area contributed by atoms with Gasteiger partial charge in [-0.3, -0.25) is 9.36 Å². The summed E-state index contributed by atoms with van der Waals surface area (Å²) in [6.07, 6.45) is 6.46. The molecule has 0 spiro atoms. The number of nitrogens with zero attached hydrogens (tertiary/aromatic N) is 3. The molecule has 5 rings (SSSR count). The summed E-state index contributed by atoms with van der Waals surface area (Å²) in [6.45, 7) is 3.14. The number of benzene rings is 1. The largest absolute Gasteiger partial charge is 0.450 e. The Hall–Kier alpha value is -2.91. The fourth-order valence-electron chi connectivity index (χ4n) is 4.63.